The van der Waals surface area contributed by atoms with Crippen molar-refractivity contribution in [3.63, 3.8) is 0 Å². The largest absolute Gasteiger partial charge is 0.342 e. The minimum atomic E-state index is 0.209. The number of carbonyl (C=O) groups is 1. The number of alkyl halides is 1. The normalized spacial score (nSPS) is 10.4. The second-order valence-corrected chi connectivity index (χ2v) is 5.06. The van der Waals surface area contributed by atoms with E-state index in [1.54, 1.807) is 0 Å². The van der Waals surface area contributed by atoms with E-state index < -0.39 is 0 Å². The first-order valence-corrected chi connectivity index (χ1v) is 7.10. The van der Waals surface area contributed by atoms with E-state index in [0.29, 0.717) is 6.42 Å². The zero-order valence-corrected chi connectivity index (χ0v) is 12.4. The van der Waals surface area contributed by atoms with E-state index in [9.17, 15) is 4.79 Å². The van der Waals surface area contributed by atoms with Gasteiger partial charge < -0.3 is 4.90 Å². The molecule has 0 saturated carbocycles. The SMILES string of the molecule is CCN(CCBr)C(=O)Cc1cc(C)ccc1C. The second-order valence-electron chi connectivity index (χ2n) is 4.27. The lowest BCUT2D eigenvalue weighted by atomic mass is 10.0. The lowest BCUT2D eigenvalue weighted by Gasteiger charge is -2.20. The van der Waals surface area contributed by atoms with Crippen LogP contribution in [0.2, 0.25) is 0 Å². The van der Waals surface area contributed by atoms with E-state index in [1.807, 2.05) is 11.8 Å². The number of rotatable bonds is 5. The van der Waals surface area contributed by atoms with Gasteiger partial charge in [-0.15, -0.1) is 0 Å². The molecule has 17 heavy (non-hydrogen) atoms. The Labute approximate surface area is 112 Å². The molecule has 3 heteroatoms. The summed E-state index contributed by atoms with van der Waals surface area (Å²) >= 11 is 3.38. The molecule has 0 N–H and O–H groups in total. The van der Waals surface area contributed by atoms with Gasteiger partial charge in [0.1, 0.15) is 0 Å². The molecular formula is C14H20BrNO. The predicted molar refractivity (Wildman–Crippen MR) is 75.7 cm³/mol. The summed E-state index contributed by atoms with van der Waals surface area (Å²) in [6.45, 7) is 7.69. The number of amides is 1. The van der Waals surface area contributed by atoms with Crippen LogP contribution in [0.3, 0.4) is 0 Å². The number of likely N-dealkylation sites (N-methyl/N-ethyl adjacent to an activating group) is 1. The van der Waals surface area contributed by atoms with E-state index in [-0.39, 0.29) is 5.91 Å². The summed E-state index contributed by atoms with van der Waals surface area (Å²) in [5, 5.41) is 0.833. The fourth-order valence-corrected chi connectivity index (χ4v) is 2.25. The Kier molecular flexibility index (Phi) is 5.69. The lowest BCUT2D eigenvalue weighted by molar-refractivity contribution is -0.130. The molecule has 0 fully saturated rings. The number of hydrogen-bond acceptors (Lipinski definition) is 1. The Morgan fingerprint density at radius 3 is 2.65 bits per heavy atom. The predicted octanol–water partition coefficient (Wildman–Crippen LogP) is 3.09. The van der Waals surface area contributed by atoms with Gasteiger partial charge in [-0.3, -0.25) is 4.79 Å². The van der Waals surface area contributed by atoms with Gasteiger partial charge in [-0.2, -0.15) is 0 Å². The molecule has 0 aromatic heterocycles. The van der Waals surface area contributed by atoms with Crippen molar-refractivity contribution in [3.8, 4) is 0 Å². The molecule has 2 nitrogen and oxygen atoms in total. The molecule has 0 aliphatic rings. The van der Waals surface area contributed by atoms with Crippen molar-refractivity contribution in [1.82, 2.24) is 4.90 Å². The molecule has 0 aliphatic heterocycles. The molecular weight excluding hydrogens is 278 g/mol. The number of hydrogen-bond donors (Lipinski definition) is 0. The van der Waals surface area contributed by atoms with E-state index in [0.717, 1.165) is 24.0 Å². The van der Waals surface area contributed by atoms with Crippen LogP contribution in [0.5, 0.6) is 0 Å². The van der Waals surface area contributed by atoms with Gasteiger partial charge in [-0.1, -0.05) is 39.7 Å². The van der Waals surface area contributed by atoms with Crippen LogP contribution in [0.15, 0.2) is 18.2 Å². The maximum atomic E-state index is 12.1. The summed E-state index contributed by atoms with van der Waals surface area (Å²) < 4.78 is 0. The number of benzene rings is 1. The summed E-state index contributed by atoms with van der Waals surface area (Å²) in [5.41, 5.74) is 3.55. The van der Waals surface area contributed by atoms with Crippen molar-refractivity contribution in [1.29, 1.82) is 0 Å². The van der Waals surface area contributed by atoms with Gasteiger partial charge in [0.15, 0.2) is 0 Å². The van der Waals surface area contributed by atoms with Crippen LogP contribution in [0.1, 0.15) is 23.6 Å². The Morgan fingerprint density at radius 1 is 1.35 bits per heavy atom. The van der Waals surface area contributed by atoms with E-state index in [2.05, 4.69) is 48.0 Å². The zero-order valence-electron chi connectivity index (χ0n) is 10.8. The fourth-order valence-electron chi connectivity index (χ4n) is 1.83. The highest BCUT2D eigenvalue weighted by molar-refractivity contribution is 9.09. The Balaban J connectivity index is 2.76. The van der Waals surface area contributed by atoms with Crippen LogP contribution < -0.4 is 0 Å². The molecule has 0 heterocycles. The van der Waals surface area contributed by atoms with Crippen LogP contribution in [0.25, 0.3) is 0 Å². The van der Waals surface area contributed by atoms with E-state index in [1.165, 1.54) is 11.1 Å². The Bertz CT molecular complexity index is 390. The van der Waals surface area contributed by atoms with Crippen molar-refractivity contribution in [2.45, 2.75) is 27.2 Å². The van der Waals surface area contributed by atoms with Gasteiger partial charge >= 0.3 is 0 Å². The third-order valence-electron chi connectivity index (χ3n) is 2.94. The Hall–Kier alpha value is -0.830. The van der Waals surface area contributed by atoms with Crippen molar-refractivity contribution >= 4 is 21.8 Å². The molecule has 1 amide bonds. The summed E-state index contributed by atoms with van der Waals surface area (Å²) in [4.78, 5) is 14.0. The molecule has 0 aliphatic carbocycles. The molecule has 1 aromatic rings. The van der Waals surface area contributed by atoms with Crippen LogP contribution in [0.4, 0.5) is 0 Å². The first kappa shape index (κ1) is 14.2. The molecule has 0 bridgehead atoms. The average Bonchev–Trinajstić information content (AvgIpc) is 2.30. The van der Waals surface area contributed by atoms with E-state index >= 15 is 0 Å². The molecule has 0 radical (unpaired) electrons. The first-order chi connectivity index (χ1) is 8.08. The standard InChI is InChI=1S/C14H20BrNO/c1-4-16(8-7-15)14(17)10-13-9-11(2)5-6-12(13)3/h5-6,9H,4,7-8,10H2,1-3H3. The third-order valence-corrected chi connectivity index (χ3v) is 3.29. The molecule has 94 valence electrons. The molecule has 1 aromatic carbocycles. The fraction of sp³-hybridized carbons (Fsp3) is 0.500. The van der Waals surface area contributed by atoms with Gasteiger partial charge in [-0.25, -0.2) is 0 Å². The van der Waals surface area contributed by atoms with Crippen LogP contribution >= 0.6 is 15.9 Å². The van der Waals surface area contributed by atoms with Crippen molar-refractivity contribution in [2.75, 3.05) is 18.4 Å². The highest BCUT2D eigenvalue weighted by atomic mass is 79.9. The molecule has 1 rings (SSSR count). The smallest absolute Gasteiger partial charge is 0.227 e. The minimum absolute atomic E-state index is 0.209. The van der Waals surface area contributed by atoms with Crippen LogP contribution in [0, 0.1) is 13.8 Å². The summed E-state index contributed by atoms with van der Waals surface area (Å²) in [7, 11) is 0. The van der Waals surface area contributed by atoms with Crippen LogP contribution in [-0.2, 0) is 11.2 Å². The maximum absolute atomic E-state index is 12.1. The number of halogens is 1. The highest BCUT2D eigenvalue weighted by Crippen LogP contribution is 2.12. The summed E-state index contributed by atoms with van der Waals surface area (Å²) in [6.07, 6.45) is 0.508. The average molecular weight is 298 g/mol. The van der Waals surface area contributed by atoms with Crippen LogP contribution in [-0.4, -0.2) is 29.2 Å². The lowest BCUT2D eigenvalue weighted by Crippen LogP contribution is -2.33. The zero-order chi connectivity index (χ0) is 12.8. The monoisotopic (exact) mass is 297 g/mol. The summed E-state index contributed by atoms with van der Waals surface area (Å²) in [6, 6.07) is 6.27. The first-order valence-electron chi connectivity index (χ1n) is 5.98. The molecule has 0 atom stereocenters. The second kappa shape index (κ2) is 6.80. The Morgan fingerprint density at radius 2 is 2.06 bits per heavy atom. The van der Waals surface area contributed by atoms with Gasteiger partial charge in [0.05, 0.1) is 6.42 Å². The minimum Gasteiger partial charge on any atom is -0.342 e. The van der Waals surface area contributed by atoms with Gasteiger partial charge in [-0.05, 0) is 31.9 Å². The van der Waals surface area contributed by atoms with Crippen molar-refractivity contribution in [3.05, 3.63) is 34.9 Å². The van der Waals surface area contributed by atoms with Gasteiger partial charge in [0.25, 0.3) is 0 Å². The third kappa shape index (κ3) is 4.15. The van der Waals surface area contributed by atoms with E-state index in [4.69, 9.17) is 0 Å². The quantitative estimate of drug-likeness (QED) is 0.765. The summed E-state index contributed by atoms with van der Waals surface area (Å²) in [5.74, 6) is 0.209. The molecule has 0 spiro atoms. The maximum Gasteiger partial charge on any atom is 0.227 e. The van der Waals surface area contributed by atoms with Gasteiger partial charge in [0.2, 0.25) is 5.91 Å². The van der Waals surface area contributed by atoms with Crippen molar-refractivity contribution < 1.29 is 4.79 Å². The highest BCUT2D eigenvalue weighted by Gasteiger charge is 2.12. The molecule has 0 unspecified atom stereocenters. The number of aryl methyl sites for hydroxylation is 2. The van der Waals surface area contributed by atoms with Crippen molar-refractivity contribution in [2.24, 2.45) is 0 Å². The number of carbonyl (C=O) groups excluding carboxylic acids is 1. The topological polar surface area (TPSA) is 20.3 Å². The number of nitrogens with zero attached hydrogens (tertiary/aromatic N) is 1. The van der Waals surface area contributed by atoms with Gasteiger partial charge in [0, 0.05) is 18.4 Å². The molecule has 0 saturated heterocycles.